The van der Waals surface area contributed by atoms with Gasteiger partial charge in [0.2, 0.25) is 0 Å². The number of halogens is 2. The van der Waals surface area contributed by atoms with Crippen molar-refractivity contribution >= 4 is 35.4 Å². The van der Waals surface area contributed by atoms with Gasteiger partial charge in [-0.1, -0.05) is 23.2 Å². The summed E-state index contributed by atoms with van der Waals surface area (Å²) >= 11 is 17.3. The van der Waals surface area contributed by atoms with Gasteiger partial charge in [0.1, 0.15) is 0 Å². The van der Waals surface area contributed by atoms with Crippen molar-refractivity contribution in [2.24, 2.45) is 0 Å². The number of hydrogen-bond acceptors (Lipinski definition) is 3. The number of benzene rings is 1. The molecule has 2 rings (SSSR count). The lowest BCUT2D eigenvalue weighted by Gasteiger charge is -2.07. The number of nitrogens with zero attached hydrogens (tertiary/aromatic N) is 2. The maximum Gasteiger partial charge on any atom is 0.195 e. The monoisotopic (exact) mass is 303 g/mol. The molecule has 1 aromatic heterocycles. The summed E-state index contributed by atoms with van der Waals surface area (Å²) in [6, 6.07) is 5.23. The molecule has 2 aromatic rings. The van der Waals surface area contributed by atoms with E-state index in [9.17, 15) is 0 Å². The average Bonchev–Trinajstić information content (AvgIpc) is 2.71. The smallest absolute Gasteiger partial charge is 0.195 e. The molecule has 7 heteroatoms. The quantitative estimate of drug-likeness (QED) is 0.878. The number of methoxy groups -OCH3 is 1. The van der Waals surface area contributed by atoms with E-state index in [4.69, 9.17) is 40.2 Å². The Labute approximate surface area is 119 Å². The van der Waals surface area contributed by atoms with Gasteiger partial charge in [-0.15, -0.1) is 0 Å². The van der Waals surface area contributed by atoms with Crippen molar-refractivity contribution in [2.75, 3.05) is 13.7 Å². The van der Waals surface area contributed by atoms with Crippen LogP contribution in [0.5, 0.6) is 0 Å². The lowest BCUT2D eigenvalue weighted by Crippen LogP contribution is -2.06. The predicted octanol–water partition coefficient (Wildman–Crippen LogP) is 3.56. The first kappa shape index (κ1) is 13.5. The minimum absolute atomic E-state index is 0.526. The third-order valence-corrected chi connectivity index (χ3v) is 3.32. The Balaban J connectivity index is 2.50. The first-order valence-electron chi connectivity index (χ1n) is 5.23. The fourth-order valence-corrected chi connectivity index (χ4v) is 2.18. The molecule has 0 amide bonds. The van der Waals surface area contributed by atoms with Crippen LogP contribution < -0.4 is 0 Å². The van der Waals surface area contributed by atoms with Crippen LogP contribution in [0.25, 0.3) is 11.4 Å². The second kappa shape index (κ2) is 5.84. The summed E-state index contributed by atoms with van der Waals surface area (Å²) in [4.78, 5) is 0. The van der Waals surface area contributed by atoms with Gasteiger partial charge in [0, 0.05) is 17.7 Å². The van der Waals surface area contributed by atoms with Crippen molar-refractivity contribution in [1.29, 1.82) is 0 Å². The highest BCUT2D eigenvalue weighted by Crippen LogP contribution is 2.29. The van der Waals surface area contributed by atoms with Crippen LogP contribution in [-0.2, 0) is 11.3 Å². The molecule has 0 bridgehead atoms. The van der Waals surface area contributed by atoms with E-state index in [2.05, 4.69) is 10.2 Å². The van der Waals surface area contributed by atoms with E-state index in [-0.39, 0.29) is 0 Å². The van der Waals surface area contributed by atoms with Crippen LogP contribution in [0.2, 0.25) is 10.0 Å². The number of hydrogen-bond donors (Lipinski definition) is 1. The van der Waals surface area contributed by atoms with E-state index in [1.54, 1.807) is 25.3 Å². The summed E-state index contributed by atoms with van der Waals surface area (Å²) in [5, 5.41) is 8.11. The molecule has 0 aliphatic heterocycles. The molecule has 0 radical (unpaired) electrons. The molecule has 1 N–H and O–H groups in total. The van der Waals surface area contributed by atoms with Gasteiger partial charge in [-0.05, 0) is 30.4 Å². The fourth-order valence-electron chi connectivity index (χ4n) is 1.58. The zero-order valence-electron chi connectivity index (χ0n) is 9.61. The Bertz CT molecular complexity index is 609. The minimum atomic E-state index is 0.526. The Kier molecular flexibility index (Phi) is 4.40. The molecule has 1 heterocycles. The van der Waals surface area contributed by atoms with Gasteiger partial charge in [0.25, 0.3) is 0 Å². The average molecular weight is 304 g/mol. The molecule has 0 atom stereocenters. The fraction of sp³-hybridized carbons (Fsp3) is 0.273. The van der Waals surface area contributed by atoms with E-state index in [0.29, 0.717) is 33.8 Å². The van der Waals surface area contributed by atoms with Gasteiger partial charge in [0.05, 0.1) is 18.2 Å². The van der Waals surface area contributed by atoms with Gasteiger partial charge >= 0.3 is 0 Å². The van der Waals surface area contributed by atoms with Crippen LogP contribution in [0.4, 0.5) is 0 Å². The van der Waals surface area contributed by atoms with Gasteiger partial charge in [-0.2, -0.15) is 5.10 Å². The Morgan fingerprint density at radius 2 is 2.22 bits per heavy atom. The standard InChI is InChI=1S/C11H11Cl2N3OS/c1-17-5-4-16-10(14-15-11(16)18)8-6-7(12)2-3-9(8)13/h2-3,6H,4-5H2,1H3,(H,15,18). The number of ether oxygens (including phenoxy) is 1. The van der Waals surface area contributed by atoms with Crippen LogP contribution in [0.15, 0.2) is 18.2 Å². The molecule has 0 unspecified atom stereocenters. The Hall–Kier alpha value is -0.880. The van der Waals surface area contributed by atoms with Crippen molar-refractivity contribution in [3.63, 3.8) is 0 Å². The molecule has 0 aliphatic rings. The van der Waals surface area contributed by atoms with Gasteiger partial charge in [-0.25, -0.2) is 0 Å². The normalized spacial score (nSPS) is 10.8. The Morgan fingerprint density at radius 3 is 2.94 bits per heavy atom. The topological polar surface area (TPSA) is 42.8 Å². The molecule has 0 aliphatic carbocycles. The highest BCUT2D eigenvalue weighted by Gasteiger charge is 2.12. The van der Waals surface area contributed by atoms with Crippen LogP contribution in [0.3, 0.4) is 0 Å². The molecular weight excluding hydrogens is 293 g/mol. The van der Waals surface area contributed by atoms with E-state index in [1.165, 1.54) is 0 Å². The van der Waals surface area contributed by atoms with E-state index in [1.807, 2.05) is 4.57 Å². The molecule has 4 nitrogen and oxygen atoms in total. The highest BCUT2D eigenvalue weighted by atomic mass is 35.5. The second-order valence-corrected chi connectivity index (χ2v) is 4.85. The molecule has 0 fully saturated rings. The zero-order chi connectivity index (χ0) is 13.1. The predicted molar refractivity (Wildman–Crippen MR) is 74.7 cm³/mol. The van der Waals surface area contributed by atoms with Crippen molar-refractivity contribution in [2.45, 2.75) is 6.54 Å². The molecule has 96 valence electrons. The maximum atomic E-state index is 6.15. The SMILES string of the molecule is COCCn1c(-c2cc(Cl)ccc2Cl)n[nH]c1=S. The van der Waals surface area contributed by atoms with Crippen molar-refractivity contribution in [3.8, 4) is 11.4 Å². The number of aromatic nitrogens is 3. The minimum Gasteiger partial charge on any atom is -0.383 e. The van der Waals surface area contributed by atoms with Gasteiger partial charge in [0.15, 0.2) is 10.6 Å². The second-order valence-electron chi connectivity index (χ2n) is 3.62. The summed E-state index contributed by atoms with van der Waals surface area (Å²) in [5.74, 6) is 0.657. The molecule has 1 aromatic carbocycles. The van der Waals surface area contributed by atoms with E-state index < -0.39 is 0 Å². The van der Waals surface area contributed by atoms with E-state index in [0.717, 1.165) is 5.56 Å². The third kappa shape index (κ3) is 2.75. The maximum absolute atomic E-state index is 6.15. The third-order valence-electron chi connectivity index (χ3n) is 2.45. The van der Waals surface area contributed by atoms with Crippen LogP contribution in [-0.4, -0.2) is 28.5 Å². The number of H-pyrrole nitrogens is 1. The number of rotatable bonds is 4. The summed E-state index contributed by atoms with van der Waals surface area (Å²) in [5.41, 5.74) is 0.743. The summed E-state index contributed by atoms with van der Waals surface area (Å²) in [6.07, 6.45) is 0. The largest absolute Gasteiger partial charge is 0.383 e. The lowest BCUT2D eigenvalue weighted by atomic mass is 10.2. The summed E-state index contributed by atoms with van der Waals surface area (Å²) in [6.45, 7) is 1.14. The number of nitrogens with one attached hydrogen (secondary N) is 1. The molecule has 0 saturated heterocycles. The molecular formula is C11H11Cl2N3OS. The zero-order valence-corrected chi connectivity index (χ0v) is 11.9. The van der Waals surface area contributed by atoms with Crippen molar-refractivity contribution in [1.82, 2.24) is 14.8 Å². The number of aromatic amines is 1. The first-order valence-corrected chi connectivity index (χ1v) is 6.39. The van der Waals surface area contributed by atoms with Crippen LogP contribution in [0.1, 0.15) is 0 Å². The molecule has 0 spiro atoms. The van der Waals surface area contributed by atoms with Crippen LogP contribution >= 0.6 is 35.4 Å². The van der Waals surface area contributed by atoms with Gasteiger partial charge in [-0.3, -0.25) is 9.67 Å². The van der Waals surface area contributed by atoms with Crippen molar-refractivity contribution in [3.05, 3.63) is 33.0 Å². The molecule has 18 heavy (non-hydrogen) atoms. The summed E-state index contributed by atoms with van der Waals surface area (Å²) in [7, 11) is 1.63. The molecule has 0 saturated carbocycles. The Morgan fingerprint density at radius 1 is 1.44 bits per heavy atom. The lowest BCUT2D eigenvalue weighted by molar-refractivity contribution is 0.187. The van der Waals surface area contributed by atoms with E-state index >= 15 is 0 Å². The summed E-state index contributed by atoms with van der Waals surface area (Å²) < 4.78 is 7.40. The highest BCUT2D eigenvalue weighted by molar-refractivity contribution is 7.71. The van der Waals surface area contributed by atoms with Gasteiger partial charge < -0.3 is 4.74 Å². The van der Waals surface area contributed by atoms with Crippen molar-refractivity contribution < 1.29 is 4.74 Å². The van der Waals surface area contributed by atoms with Crippen LogP contribution in [0, 0.1) is 4.77 Å². The first-order chi connectivity index (χ1) is 8.63.